The van der Waals surface area contributed by atoms with Crippen LogP contribution >= 0.6 is 0 Å². The van der Waals surface area contributed by atoms with E-state index in [9.17, 15) is 14.7 Å². The fourth-order valence-corrected chi connectivity index (χ4v) is 4.21. The van der Waals surface area contributed by atoms with Gasteiger partial charge in [0.2, 0.25) is 0 Å². The van der Waals surface area contributed by atoms with Crippen LogP contribution in [0.15, 0.2) is 11.3 Å². The van der Waals surface area contributed by atoms with Crippen LogP contribution in [0.1, 0.15) is 103 Å². The molecule has 26 heavy (non-hydrogen) atoms. The van der Waals surface area contributed by atoms with Gasteiger partial charge in [-0.2, -0.15) is 0 Å². The third-order valence-corrected chi connectivity index (χ3v) is 5.79. The van der Waals surface area contributed by atoms with Crippen molar-refractivity contribution >= 4 is 11.8 Å². The van der Waals surface area contributed by atoms with E-state index in [1.54, 1.807) is 0 Å². The molecule has 0 aromatic carbocycles. The molecule has 148 valence electrons. The summed E-state index contributed by atoms with van der Waals surface area (Å²) in [6, 6.07) is 0. The topological polar surface area (TPSA) is 63.6 Å². The third-order valence-electron chi connectivity index (χ3n) is 5.79. The molecular weight excluding hydrogens is 328 g/mol. The molecule has 0 amide bonds. The van der Waals surface area contributed by atoms with E-state index in [0.29, 0.717) is 18.8 Å². The van der Waals surface area contributed by atoms with Gasteiger partial charge < -0.3 is 9.84 Å². The number of aliphatic hydroxyl groups excluding tert-OH is 1. The van der Waals surface area contributed by atoms with Crippen LogP contribution < -0.4 is 0 Å². The molecule has 0 spiro atoms. The van der Waals surface area contributed by atoms with Crippen LogP contribution in [0.3, 0.4) is 0 Å². The molecule has 0 saturated heterocycles. The molecule has 1 fully saturated rings. The Labute approximate surface area is 158 Å². The maximum Gasteiger partial charge on any atom is 0.345 e. The average Bonchev–Trinajstić information content (AvgIpc) is 2.61. The number of hydrogen-bond donors (Lipinski definition) is 1. The van der Waals surface area contributed by atoms with Crippen LogP contribution in [0, 0.1) is 5.92 Å². The quantitative estimate of drug-likeness (QED) is 0.286. The van der Waals surface area contributed by atoms with Gasteiger partial charge in [-0.3, -0.25) is 4.79 Å². The van der Waals surface area contributed by atoms with Gasteiger partial charge in [-0.05, 0) is 18.8 Å². The molecule has 4 nitrogen and oxygen atoms in total. The van der Waals surface area contributed by atoms with Crippen molar-refractivity contribution in [3.05, 3.63) is 11.3 Å². The first-order valence-electron chi connectivity index (χ1n) is 10.8. The van der Waals surface area contributed by atoms with Crippen LogP contribution in [-0.4, -0.2) is 23.0 Å². The van der Waals surface area contributed by atoms with Gasteiger partial charge in [-0.1, -0.05) is 77.6 Å². The summed E-state index contributed by atoms with van der Waals surface area (Å²) in [4.78, 5) is 24.7. The Hall–Kier alpha value is -1.32. The van der Waals surface area contributed by atoms with Crippen LogP contribution in [0.5, 0.6) is 0 Å². The Morgan fingerprint density at radius 2 is 1.69 bits per heavy atom. The smallest absolute Gasteiger partial charge is 0.345 e. The molecule has 2 rings (SSSR count). The second kappa shape index (κ2) is 11.4. The number of rotatable bonds is 11. The van der Waals surface area contributed by atoms with E-state index in [1.807, 2.05) is 0 Å². The summed E-state index contributed by atoms with van der Waals surface area (Å²) < 4.78 is 5.45. The maximum atomic E-state index is 12.5. The van der Waals surface area contributed by atoms with E-state index in [0.717, 1.165) is 44.9 Å². The van der Waals surface area contributed by atoms with Crippen molar-refractivity contribution in [2.45, 2.75) is 109 Å². The molecule has 1 heterocycles. The van der Waals surface area contributed by atoms with Crippen molar-refractivity contribution in [3.8, 4) is 0 Å². The molecule has 2 aliphatic rings. The zero-order valence-electron chi connectivity index (χ0n) is 16.4. The number of ketones is 1. The monoisotopic (exact) mass is 364 g/mol. The zero-order chi connectivity index (χ0) is 18.8. The summed E-state index contributed by atoms with van der Waals surface area (Å²) >= 11 is 0. The number of carbonyl (C=O) groups is 2. The standard InChI is InChI=1S/C22H36O4/c1-2-3-4-5-6-7-11-14-18-16-20(24)21(22(25)26-18)19(23)15-17-12-9-8-10-13-17/h17-18,24H,2-16H2,1H3. The Morgan fingerprint density at radius 3 is 2.35 bits per heavy atom. The summed E-state index contributed by atoms with van der Waals surface area (Å²) in [7, 11) is 0. The van der Waals surface area contributed by atoms with E-state index in [4.69, 9.17) is 4.74 Å². The Morgan fingerprint density at radius 1 is 1.04 bits per heavy atom. The molecule has 0 bridgehead atoms. The van der Waals surface area contributed by atoms with Crippen LogP contribution in [0.2, 0.25) is 0 Å². The van der Waals surface area contributed by atoms with Gasteiger partial charge in [0.05, 0.1) is 0 Å². The number of carbonyl (C=O) groups excluding carboxylic acids is 2. The first-order chi connectivity index (χ1) is 12.6. The van der Waals surface area contributed by atoms with Gasteiger partial charge in [0.15, 0.2) is 5.78 Å². The Kier molecular flexibility index (Phi) is 9.21. The lowest BCUT2D eigenvalue weighted by molar-refractivity contribution is -0.148. The molecule has 1 saturated carbocycles. The van der Waals surface area contributed by atoms with Gasteiger partial charge in [0.25, 0.3) is 0 Å². The molecule has 1 unspecified atom stereocenters. The summed E-state index contributed by atoms with van der Waals surface area (Å²) in [5.41, 5.74) is -0.0774. The highest BCUT2D eigenvalue weighted by atomic mass is 16.5. The number of aliphatic hydroxyl groups is 1. The van der Waals surface area contributed by atoms with Crippen LogP contribution in [0.4, 0.5) is 0 Å². The van der Waals surface area contributed by atoms with Gasteiger partial charge in [-0.15, -0.1) is 0 Å². The van der Waals surface area contributed by atoms with Crippen LogP contribution in [0.25, 0.3) is 0 Å². The highest BCUT2D eigenvalue weighted by Crippen LogP contribution is 2.30. The predicted molar refractivity (Wildman–Crippen MR) is 103 cm³/mol. The van der Waals surface area contributed by atoms with E-state index in [2.05, 4.69) is 6.92 Å². The summed E-state index contributed by atoms with van der Waals surface area (Å²) in [5.74, 6) is -0.527. The number of hydrogen-bond acceptors (Lipinski definition) is 4. The Balaban J connectivity index is 1.74. The second-order valence-electron chi connectivity index (χ2n) is 8.09. The summed E-state index contributed by atoms with van der Waals surface area (Å²) in [6.45, 7) is 2.21. The summed E-state index contributed by atoms with van der Waals surface area (Å²) in [6.07, 6.45) is 15.3. The normalized spacial score (nSPS) is 21.7. The average molecular weight is 365 g/mol. The third kappa shape index (κ3) is 6.77. The van der Waals surface area contributed by atoms with Crippen molar-refractivity contribution < 1.29 is 19.4 Å². The van der Waals surface area contributed by atoms with Gasteiger partial charge in [-0.25, -0.2) is 4.79 Å². The minimum Gasteiger partial charge on any atom is -0.511 e. The SMILES string of the molecule is CCCCCCCCCC1CC(O)=C(C(=O)CC2CCCCC2)C(=O)O1. The van der Waals surface area contributed by atoms with Gasteiger partial charge in [0.1, 0.15) is 17.4 Å². The fourth-order valence-electron chi connectivity index (χ4n) is 4.21. The van der Waals surface area contributed by atoms with E-state index in [-0.39, 0.29) is 23.2 Å². The lowest BCUT2D eigenvalue weighted by Gasteiger charge is -2.25. The number of ether oxygens (including phenoxy) is 1. The highest BCUT2D eigenvalue weighted by Gasteiger charge is 2.34. The van der Waals surface area contributed by atoms with Crippen molar-refractivity contribution in [2.24, 2.45) is 5.92 Å². The number of Topliss-reactive ketones (excluding diaryl/α,β-unsaturated/α-hetero) is 1. The van der Waals surface area contributed by atoms with E-state index in [1.165, 1.54) is 38.5 Å². The highest BCUT2D eigenvalue weighted by molar-refractivity contribution is 6.18. The molecular formula is C22H36O4. The minimum atomic E-state index is -0.609. The first-order valence-corrected chi connectivity index (χ1v) is 10.8. The lowest BCUT2D eigenvalue weighted by atomic mass is 9.84. The number of esters is 1. The second-order valence-corrected chi connectivity index (χ2v) is 8.09. The molecule has 1 aliphatic carbocycles. The molecule has 1 N–H and O–H groups in total. The van der Waals surface area contributed by atoms with Crippen molar-refractivity contribution in [3.63, 3.8) is 0 Å². The molecule has 4 heteroatoms. The fraction of sp³-hybridized carbons (Fsp3) is 0.818. The molecule has 1 aliphatic heterocycles. The van der Waals surface area contributed by atoms with Crippen molar-refractivity contribution in [1.29, 1.82) is 0 Å². The van der Waals surface area contributed by atoms with Gasteiger partial charge in [0, 0.05) is 12.8 Å². The first kappa shape index (κ1) is 21.0. The molecule has 0 radical (unpaired) electrons. The molecule has 1 atom stereocenters. The minimum absolute atomic E-state index is 0.0463. The number of cyclic esters (lactones) is 1. The van der Waals surface area contributed by atoms with E-state index >= 15 is 0 Å². The van der Waals surface area contributed by atoms with E-state index < -0.39 is 5.97 Å². The lowest BCUT2D eigenvalue weighted by Crippen LogP contribution is -2.31. The maximum absolute atomic E-state index is 12.5. The van der Waals surface area contributed by atoms with Crippen molar-refractivity contribution in [1.82, 2.24) is 0 Å². The Bertz CT molecular complexity index is 488. The van der Waals surface area contributed by atoms with Crippen molar-refractivity contribution in [2.75, 3.05) is 0 Å². The molecule has 0 aromatic heterocycles. The van der Waals surface area contributed by atoms with Gasteiger partial charge >= 0.3 is 5.97 Å². The largest absolute Gasteiger partial charge is 0.511 e. The molecule has 0 aromatic rings. The number of unbranched alkanes of at least 4 members (excludes halogenated alkanes) is 6. The summed E-state index contributed by atoms with van der Waals surface area (Å²) in [5, 5.41) is 10.3. The predicted octanol–water partition coefficient (Wildman–Crippen LogP) is 5.79. The van der Waals surface area contributed by atoms with Crippen LogP contribution in [-0.2, 0) is 14.3 Å². The zero-order valence-corrected chi connectivity index (χ0v) is 16.4.